The Morgan fingerprint density at radius 3 is 2.75 bits per heavy atom. The molecular formula is C11H19N3O2. The molecule has 0 bridgehead atoms. The third-order valence-electron chi connectivity index (χ3n) is 2.22. The van der Waals surface area contributed by atoms with Crippen molar-refractivity contribution in [3.05, 3.63) is 18.1 Å². The molecule has 5 nitrogen and oxygen atoms in total. The zero-order valence-electron chi connectivity index (χ0n) is 9.97. The summed E-state index contributed by atoms with van der Waals surface area (Å²) < 4.78 is 4.98. The zero-order valence-corrected chi connectivity index (χ0v) is 9.97. The van der Waals surface area contributed by atoms with Crippen LogP contribution in [0, 0.1) is 0 Å². The maximum atomic E-state index is 9.11. The number of aliphatic hydroxyl groups is 1. The number of ether oxygens (including phenoxy) is 1. The minimum absolute atomic E-state index is 0.00878. The first kappa shape index (κ1) is 12.9. The van der Waals surface area contributed by atoms with E-state index in [1.54, 1.807) is 7.11 Å². The maximum Gasteiger partial charge on any atom is 0.129 e. The molecule has 1 heterocycles. The molecule has 0 saturated carbocycles. The van der Waals surface area contributed by atoms with Gasteiger partial charge >= 0.3 is 0 Å². The molecule has 0 aliphatic heterocycles. The van der Waals surface area contributed by atoms with E-state index in [1.165, 1.54) is 6.33 Å². The summed E-state index contributed by atoms with van der Waals surface area (Å²) in [7, 11) is 1.60. The van der Waals surface area contributed by atoms with Gasteiger partial charge in [-0.1, -0.05) is 13.8 Å². The molecule has 1 aromatic heterocycles. The van der Waals surface area contributed by atoms with Gasteiger partial charge in [-0.3, -0.25) is 0 Å². The molecule has 1 rings (SSSR count). The Balaban J connectivity index is 2.68. The van der Waals surface area contributed by atoms with Crippen LogP contribution in [0.25, 0.3) is 0 Å². The van der Waals surface area contributed by atoms with E-state index in [0.29, 0.717) is 12.5 Å². The Hall–Kier alpha value is -1.20. The van der Waals surface area contributed by atoms with Crippen LogP contribution in [0.3, 0.4) is 0 Å². The van der Waals surface area contributed by atoms with E-state index in [9.17, 15) is 0 Å². The van der Waals surface area contributed by atoms with Gasteiger partial charge < -0.3 is 15.2 Å². The monoisotopic (exact) mass is 225 g/mol. The molecule has 1 unspecified atom stereocenters. The van der Waals surface area contributed by atoms with Crippen LogP contribution in [-0.4, -0.2) is 41.4 Å². The van der Waals surface area contributed by atoms with Crippen LogP contribution >= 0.6 is 0 Å². The topological polar surface area (TPSA) is 67.3 Å². The summed E-state index contributed by atoms with van der Waals surface area (Å²) in [5.41, 5.74) is 0.978. The Labute approximate surface area is 95.9 Å². The Kier molecular flexibility index (Phi) is 5.14. The van der Waals surface area contributed by atoms with E-state index in [4.69, 9.17) is 9.84 Å². The standard InChI is InChI=1S/C11H19N3O2/c1-8(2)10-4-11(13-7-12-10)14-9(5-15)6-16-3/h4,7-9,15H,5-6H2,1-3H3,(H,12,13,14). The van der Waals surface area contributed by atoms with Gasteiger partial charge in [-0.15, -0.1) is 0 Å². The van der Waals surface area contributed by atoms with Crippen LogP contribution in [0.2, 0.25) is 0 Å². The van der Waals surface area contributed by atoms with Gasteiger partial charge in [-0.05, 0) is 5.92 Å². The minimum atomic E-state index is -0.139. The van der Waals surface area contributed by atoms with Gasteiger partial charge in [0.25, 0.3) is 0 Å². The average Bonchev–Trinajstić information content (AvgIpc) is 2.29. The number of methoxy groups -OCH3 is 1. The highest BCUT2D eigenvalue weighted by atomic mass is 16.5. The number of rotatable bonds is 6. The molecule has 0 amide bonds. The Morgan fingerprint density at radius 2 is 2.19 bits per heavy atom. The summed E-state index contributed by atoms with van der Waals surface area (Å²) in [5, 5.41) is 12.2. The second-order valence-corrected chi connectivity index (χ2v) is 3.96. The SMILES string of the molecule is COCC(CO)Nc1cc(C(C)C)ncn1. The third kappa shape index (κ3) is 3.75. The van der Waals surface area contributed by atoms with Crippen molar-refractivity contribution in [1.82, 2.24) is 9.97 Å². The summed E-state index contributed by atoms with van der Waals surface area (Å²) in [6, 6.07) is 1.75. The smallest absolute Gasteiger partial charge is 0.129 e. The number of nitrogens with zero attached hydrogens (tertiary/aromatic N) is 2. The van der Waals surface area contributed by atoms with Crippen molar-refractivity contribution >= 4 is 5.82 Å². The van der Waals surface area contributed by atoms with Gasteiger partial charge in [0.1, 0.15) is 12.1 Å². The number of hydrogen-bond acceptors (Lipinski definition) is 5. The van der Waals surface area contributed by atoms with E-state index in [1.807, 2.05) is 6.07 Å². The average molecular weight is 225 g/mol. The number of nitrogens with one attached hydrogen (secondary N) is 1. The molecule has 0 saturated heterocycles. The van der Waals surface area contributed by atoms with Gasteiger partial charge in [0.2, 0.25) is 0 Å². The zero-order chi connectivity index (χ0) is 12.0. The fourth-order valence-corrected chi connectivity index (χ4v) is 1.32. The van der Waals surface area contributed by atoms with Crippen molar-refractivity contribution in [3.8, 4) is 0 Å². The van der Waals surface area contributed by atoms with E-state index >= 15 is 0 Å². The summed E-state index contributed by atoms with van der Waals surface area (Å²) in [6.07, 6.45) is 1.53. The highest BCUT2D eigenvalue weighted by Crippen LogP contribution is 2.14. The van der Waals surface area contributed by atoms with E-state index in [2.05, 4.69) is 29.1 Å². The summed E-state index contributed by atoms with van der Waals surface area (Å²) in [4.78, 5) is 8.28. The molecule has 0 aliphatic rings. The van der Waals surface area contributed by atoms with Crippen molar-refractivity contribution in [2.75, 3.05) is 25.6 Å². The van der Waals surface area contributed by atoms with Crippen molar-refractivity contribution < 1.29 is 9.84 Å². The Morgan fingerprint density at radius 1 is 1.44 bits per heavy atom. The van der Waals surface area contributed by atoms with Crippen LogP contribution in [-0.2, 0) is 4.74 Å². The molecule has 5 heteroatoms. The Bertz CT molecular complexity index is 318. The first-order valence-corrected chi connectivity index (χ1v) is 5.35. The predicted molar refractivity (Wildman–Crippen MR) is 62.5 cm³/mol. The fourth-order valence-electron chi connectivity index (χ4n) is 1.32. The molecule has 0 aromatic carbocycles. The molecular weight excluding hydrogens is 206 g/mol. The highest BCUT2D eigenvalue weighted by Gasteiger charge is 2.09. The summed E-state index contributed by atoms with van der Waals surface area (Å²) in [6.45, 7) is 4.60. The van der Waals surface area contributed by atoms with E-state index in [0.717, 1.165) is 11.5 Å². The molecule has 0 spiro atoms. The van der Waals surface area contributed by atoms with Crippen molar-refractivity contribution in [3.63, 3.8) is 0 Å². The van der Waals surface area contributed by atoms with Gasteiger partial charge in [0, 0.05) is 18.9 Å². The first-order valence-electron chi connectivity index (χ1n) is 5.35. The largest absolute Gasteiger partial charge is 0.394 e. The molecule has 1 aromatic rings. The second-order valence-electron chi connectivity index (χ2n) is 3.96. The van der Waals surface area contributed by atoms with Gasteiger partial charge in [-0.2, -0.15) is 0 Å². The van der Waals surface area contributed by atoms with Crippen LogP contribution in [0.1, 0.15) is 25.5 Å². The predicted octanol–water partition coefficient (Wildman–Crippen LogP) is 1.02. The number of aromatic nitrogens is 2. The first-order chi connectivity index (χ1) is 7.67. The lowest BCUT2D eigenvalue weighted by Gasteiger charge is -2.16. The lowest BCUT2D eigenvalue weighted by Crippen LogP contribution is -2.29. The lowest BCUT2D eigenvalue weighted by molar-refractivity contribution is 0.153. The third-order valence-corrected chi connectivity index (χ3v) is 2.22. The van der Waals surface area contributed by atoms with Crippen LogP contribution in [0.4, 0.5) is 5.82 Å². The number of hydrogen-bond donors (Lipinski definition) is 2. The molecule has 2 N–H and O–H groups in total. The van der Waals surface area contributed by atoms with Crippen LogP contribution in [0.5, 0.6) is 0 Å². The molecule has 1 atom stereocenters. The summed E-state index contributed by atoms with van der Waals surface area (Å²) in [5.74, 6) is 1.08. The molecule has 0 fully saturated rings. The van der Waals surface area contributed by atoms with Crippen molar-refractivity contribution in [2.45, 2.75) is 25.8 Å². The van der Waals surface area contributed by atoms with Crippen LogP contribution in [0.15, 0.2) is 12.4 Å². The normalized spacial score (nSPS) is 12.8. The van der Waals surface area contributed by atoms with Gasteiger partial charge in [0.15, 0.2) is 0 Å². The quantitative estimate of drug-likeness (QED) is 0.756. The maximum absolute atomic E-state index is 9.11. The molecule has 0 radical (unpaired) electrons. The molecule has 0 aliphatic carbocycles. The lowest BCUT2D eigenvalue weighted by atomic mass is 10.1. The number of anilines is 1. The molecule has 90 valence electrons. The van der Waals surface area contributed by atoms with E-state index < -0.39 is 0 Å². The van der Waals surface area contributed by atoms with Crippen LogP contribution < -0.4 is 5.32 Å². The van der Waals surface area contributed by atoms with Gasteiger partial charge in [0.05, 0.1) is 19.3 Å². The second kappa shape index (κ2) is 6.40. The highest BCUT2D eigenvalue weighted by molar-refractivity contribution is 5.36. The van der Waals surface area contributed by atoms with Crippen molar-refractivity contribution in [2.24, 2.45) is 0 Å². The summed E-state index contributed by atoms with van der Waals surface area (Å²) >= 11 is 0. The number of aliphatic hydroxyl groups excluding tert-OH is 1. The van der Waals surface area contributed by atoms with E-state index in [-0.39, 0.29) is 12.6 Å². The minimum Gasteiger partial charge on any atom is -0.394 e. The van der Waals surface area contributed by atoms with Crippen molar-refractivity contribution in [1.29, 1.82) is 0 Å². The fraction of sp³-hybridized carbons (Fsp3) is 0.636. The molecule has 16 heavy (non-hydrogen) atoms. The van der Waals surface area contributed by atoms with Gasteiger partial charge in [-0.25, -0.2) is 9.97 Å².